The van der Waals surface area contributed by atoms with Gasteiger partial charge in [0.2, 0.25) is 0 Å². The van der Waals surface area contributed by atoms with Gasteiger partial charge in [-0.25, -0.2) is 0 Å². The van der Waals surface area contributed by atoms with E-state index in [0.717, 1.165) is 24.8 Å². The van der Waals surface area contributed by atoms with Crippen LogP contribution in [0.15, 0.2) is 18.2 Å². The molecule has 0 heterocycles. The Kier molecular flexibility index (Phi) is 3.61. The average molecular weight is 344 g/mol. The molecule has 1 aromatic carbocycles. The van der Waals surface area contributed by atoms with Crippen LogP contribution in [0.5, 0.6) is 5.75 Å². The van der Waals surface area contributed by atoms with Crippen LogP contribution in [0.1, 0.15) is 50.7 Å². The molecule has 0 spiro atoms. The van der Waals surface area contributed by atoms with E-state index in [9.17, 15) is 19.8 Å². The minimum absolute atomic E-state index is 0.106. The number of hydrogen-bond acceptors (Lipinski definition) is 5. The number of Topliss-reactive ketones (excluding diaryl/α,β-unsaturated/α-hetero) is 1. The quantitative estimate of drug-likeness (QED) is 0.602. The number of rotatable bonds is 1. The topological polar surface area (TPSA) is 83.8 Å². The number of ketones is 1. The highest BCUT2D eigenvalue weighted by molar-refractivity contribution is 5.87. The van der Waals surface area contributed by atoms with Crippen molar-refractivity contribution in [1.29, 1.82) is 0 Å². The summed E-state index contributed by atoms with van der Waals surface area (Å²) in [7, 11) is 0. The minimum Gasteiger partial charge on any atom is -0.427 e. The lowest BCUT2D eigenvalue weighted by Crippen LogP contribution is -2.59. The van der Waals surface area contributed by atoms with Gasteiger partial charge in [-0.15, -0.1) is 0 Å². The predicted molar refractivity (Wildman–Crippen MR) is 89.9 cm³/mol. The zero-order chi connectivity index (χ0) is 18.0. The van der Waals surface area contributed by atoms with Gasteiger partial charge in [-0.1, -0.05) is 13.0 Å². The monoisotopic (exact) mass is 344 g/mol. The molecule has 5 atom stereocenters. The van der Waals surface area contributed by atoms with E-state index >= 15 is 0 Å². The van der Waals surface area contributed by atoms with Gasteiger partial charge < -0.3 is 14.9 Å². The van der Waals surface area contributed by atoms with Crippen LogP contribution in [-0.2, 0) is 21.6 Å². The second-order valence-corrected chi connectivity index (χ2v) is 8.09. The number of aliphatic hydroxyl groups excluding tert-OH is 1. The lowest BCUT2D eigenvalue weighted by molar-refractivity contribution is -0.197. The summed E-state index contributed by atoms with van der Waals surface area (Å²) < 4.78 is 5.15. The third kappa shape index (κ3) is 2.22. The Hall–Kier alpha value is -1.72. The van der Waals surface area contributed by atoms with Crippen molar-refractivity contribution < 1.29 is 24.5 Å². The Labute approximate surface area is 147 Å². The SMILES string of the molecule is CC(=O)Oc1ccc2c(c1)CC[C@@H]1[C@@H]3CCC(=O)[C@]3(C)C[C@@H](O)[C@]21O. The Bertz CT molecular complexity index is 756. The standard InChI is InChI=1S/C20H24O5/c1-11(21)25-13-4-6-14-12(9-13)3-5-16-15-7-8-17(22)19(15,2)10-18(23)20(14,16)24/h4,6,9,15-16,18,23-24H,3,5,7-8,10H2,1-2H3/t15-,16+,18+,19+,20-/m0/s1. The number of aryl methyl sites for hydroxylation is 1. The van der Waals surface area contributed by atoms with Gasteiger partial charge in [0.15, 0.2) is 0 Å². The number of ether oxygens (including phenoxy) is 1. The molecule has 2 saturated carbocycles. The van der Waals surface area contributed by atoms with Gasteiger partial charge >= 0.3 is 5.97 Å². The van der Waals surface area contributed by atoms with E-state index in [4.69, 9.17) is 4.74 Å². The molecule has 0 amide bonds. The maximum Gasteiger partial charge on any atom is 0.308 e. The van der Waals surface area contributed by atoms with Gasteiger partial charge in [0, 0.05) is 18.8 Å². The molecule has 25 heavy (non-hydrogen) atoms. The molecule has 0 radical (unpaired) electrons. The lowest BCUT2D eigenvalue weighted by Gasteiger charge is -2.55. The van der Waals surface area contributed by atoms with Crippen molar-refractivity contribution >= 4 is 11.8 Å². The summed E-state index contributed by atoms with van der Waals surface area (Å²) in [4.78, 5) is 23.6. The minimum atomic E-state index is -1.34. The van der Waals surface area contributed by atoms with E-state index in [-0.39, 0.29) is 23.6 Å². The van der Waals surface area contributed by atoms with Crippen molar-refractivity contribution in [2.45, 2.75) is 57.7 Å². The van der Waals surface area contributed by atoms with Crippen molar-refractivity contribution in [3.63, 3.8) is 0 Å². The van der Waals surface area contributed by atoms with Crippen LogP contribution in [0.25, 0.3) is 0 Å². The molecule has 0 unspecified atom stereocenters. The summed E-state index contributed by atoms with van der Waals surface area (Å²) in [6.07, 6.45) is 2.12. The summed E-state index contributed by atoms with van der Waals surface area (Å²) in [5, 5.41) is 22.4. The zero-order valence-electron chi connectivity index (χ0n) is 14.6. The summed E-state index contributed by atoms with van der Waals surface area (Å²) in [5.41, 5.74) is -0.235. The molecule has 2 N–H and O–H groups in total. The van der Waals surface area contributed by atoms with Crippen LogP contribution in [0.4, 0.5) is 0 Å². The maximum absolute atomic E-state index is 12.4. The highest BCUT2D eigenvalue weighted by atomic mass is 16.5. The number of aliphatic hydroxyl groups is 2. The Morgan fingerprint density at radius 3 is 2.68 bits per heavy atom. The third-order valence-electron chi connectivity index (χ3n) is 6.81. The van der Waals surface area contributed by atoms with E-state index in [1.807, 2.05) is 6.92 Å². The number of hydrogen-bond donors (Lipinski definition) is 2. The fourth-order valence-electron chi connectivity index (χ4n) is 5.63. The Morgan fingerprint density at radius 2 is 1.96 bits per heavy atom. The molecule has 0 aromatic heterocycles. The lowest BCUT2D eigenvalue weighted by atomic mass is 9.52. The molecule has 3 aliphatic rings. The molecule has 0 saturated heterocycles. The van der Waals surface area contributed by atoms with Crippen LogP contribution in [0, 0.1) is 17.3 Å². The van der Waals surface area contributed by atoms with Crippen molar-refractivity contribution in [1.82, 2.24) is 0 Å². The van der Waals surface area contributed by atoms with Gasteiger partial charge in [0.25, 0.3) is 0 Å². The van der Waals surface area contributed by atoms with Gasteiger partial charge in [-0.3, -0.25) is 9.59 Å². The number of fused-ring (bicyclic) bond motifs is 5. The molecule has 1 aromatic rings. The third-order valence-corrected chi connectivity index (χ3v) is 6.81. The van der Waals surface area contributed by atoms with Crippen molar-refractivity contribution in [3.05, 3.63) is 29.3 Å². The smallest absolute Gasteiger partial charge is 0.308 e. The van der Waals surface area contributed by atoms with Gasteiger partial charge in [-0.05, 0) is 60.8 Å². The van der Waals surface area contributed by atoms with E-state index in [2.05, 4.69) is 0 Å². The fraction of sp³-hybridized carbons (Fsp3) is 0.600. The normalized spacial score (nSPS) is 39.4. The van der Waals surface area contributed by atoms with E-state index in [1.165, 1.54) is 6.92 Å². The Morgan fingerprint density at radius 1 is 1.24 bits per heavy atom. The molecule has 2 fully saturated rings. The Balaban J connectivity index is 1.77. The van der Waals surface area contributed by atoms with Gasteiger partial charge in [-0.2, -0.15) is 0 Å². The van der Waals surface area contributed by atoms with Crippen LogP contribution < -0.4 is 4.74 Å². The first-order chi connectivity index (χ1) is 11.8. The molecule has 134 valence electrons. The second-order valence-electron chi connectivity index (χ2n) is 8.09. The predicted octanol–water partition coefficient (Wildman–Crippen LogP) is 2.11. The van der Waals surface area contributed by atoms with Crippen LogP contribution in [0.3, 0.4) is 0 Å². The number of esters is 1. The molecule has 4 rings (SSSR count). The highest BCUT2D eigenvalue weighted by Gasteiger charge is 2.63. The number of benzene rings is 1. The molecule has 5 heteroatoms. The molecule has 0 aliphatic heterocycles. The highest BCUT2D eigenvalue weighted by Crippen LogP contribution is 2.61. The largest absolute Gasteiger partial charge is 0.427 e. The molecular weight excluding hydrogens is 320 g/mol. The summed E-state index contributed by atoms with van der Waals surface area (Å²) in [6.45, 7) is 3.31. The van der Waals surface area contributed by atoms with E-state index in [1.54, 1.807) is 18.2 Å². The second kappa shape index (κ2) is 5.39. The van der Waals surface area contributed by atoms with Gasteiger partial charge in [0.1, 0.15) is 17.1 Å². The number of carbonyl (C=O) groups is 2. The molecule has 5 nitrogen and oxygen atoms in total. The summed E-state index contributed by atoms with van der Waals surface area (Å²) in [6, 6.07) is 5.22. The maximum atomic E-state index is 12.4. The van der Waals surface area contributed by atoms with Crippen molar-refractivity contribution in [3.8, 4) is 5.75 Å². The molecular formula is C20H24O5. The van der Waals surface area contributed by atoms with E-state index in [0.29, 0.717) is 24.2 Å². The van der Waals surface area contributed by atoms with Crippen molar-refractivity contribution in [2.24, 2.45) is 17.3 Å². The number of carbonyl (C=O) groups excluding carboxylic acids is 2. The fourth-order valence-corrected chi connectivity index (χ4v) is 5.63. The zero-order valence-corrected chi connectivity index (χ0v) is 14.6. The summed E-state index contributed by atoms with van der Waals surface area (Å²) in [5.74, 6) is 0.272. The first-order valence-electron chi connectivity index (χ1n) is 9.02. The summed E-state index contributed by atoms with van der Waals surface area (Å²) >= 11 is 0. The van der Waals surface area contributed by atoms with Gasteiger partial charge in [0.05, 0.1) is 6.10 Å². The molecule has 3 aliphatic carbocycles. The molecule has 0 bridgehead atoms. The van der Waals surface area contributed by atoms with Crippen LogP contribution >= 0.6 is 0 Å². The van der Waals surface area contributed by atoms with Crippen molar-refractivity contribution in [2.75, 3.05) is 0 Å². The average Bonchev–Trinajstić information content (AvgIpc) is 2.82. The first-order valence-corrected chi connectivity index (χ1v) is 9.02. The van der Waals surface area contributed by atoms with Crippen LogP contribution in [0.2, 0.25) is 0 Å². The first kappa shape index (κ1) is 16.7. The van der Waals surface area contributed by atoms with Crippen LogP contribution in [-0.4, -0.2) is 28.1 Å². The van der Waals surface area contributed by atoms with E-state index < -0.39 is 17.1 Å².